The fourth-order valence-corrected chi connectivity index (χ4v) is 3.79. The number of nitrogens with zero attached hydrogens (tertiary/aromatic N) is 4. The highest BCUT2D eigenvalue weighted by Crippen LogP contribution is 2.25. The van der Waals surface area contributed by atoms with E-state index in [4.69, 9.17) is 16.3 Å². The Morgan fingerprint density at radius 3 is 2.30 bits per heavy atom. The van der Waals surface area contributed by atoms with Gasteiger partial charge in [0.05, 0.1) is 5.25 Å². The van der Waals surface area contributed by atoms with E-state index in [-0.39, 0.29) is 29.8 Å². The van der Waals surface area contributed by atoms with E-state index in [2.05, 4.69) is 10.2 Å². The Morgan fingerprint density at radius 2 is 1.74 bits per heavy atom. The van der Waals surface area contributed by atoms with Crippen molar-refractivity contribution in [3.8, 4) is 5.75 Å². The van der Waals surface area contributed by atoms with Gasteiger partial charge in [0.15, 0.2) is 11.0 Å². The van der Waals surface area contributed by atoms with Crippen LogP contribution >= 0.6 is 23.4 Å². The maximum Gasteiger partial charge on any atom is 0.236 e. The standard InChI is InChI=1S/C19H27ClN4O2S/c1-12(2)24(13(3)4)18(25)14(5)27-19-22-21-17(23(19)6)11-26-16-9-7-15(20)8-10-16/h7-10,12-14H,11H2,1-6H3/t14-/m0/s1. The topological polar surface area (TPSA) is 60.3 Å². The molecule has 0 N–H and O–H groups in total. The zero-order chi connectivity index (χ0) is 20.1. The van der Waals surface area contributed by atoms with E-state index in [0.29, 0.717) is 21.8 Å². The molecule has 0 saturated carbocycles. The molecule has 0 aliphatic heterocycles. The fraction of sp³-hybridized carbons (Fsp3) is 0.526. The molecule has 0 radical (unpaired) electrons. The molecule has 8 heteroatoms. The molecule has 27 heavy (non-hydrogen) atoms. The summed E-state index contributed by atoms with van der Waals surface area (Å²) in [6.07, 6.45) is 0. The molecule has 1 aromatic heterocycles. The number of amides is 1. The number of carbonyl (C=O) groups is 1. The van der Waals surface area contributed by atoms with Gasteiger partial charge in [0, 0.05) is 24.2 Å². The third kappa shape index (κ3) is 5.62. The average molecular weight is 411 g/mol. The van der Waals surface area contributed by atoms with Gasteiger partial charge in [0.2, 0.25) is 5.91 Å². The van der Waals surface area contributed by atoms with E-state index >= 15 is 0 Å². The summed E-state index contributed by atoms with van der Waals surface area (Å²) in [5.41, 5.74) is 0. The Hall–Kier alpha value is -1.73. The third-order valence-corrected chi connectivity index (χ3v) is 5.48. The number of carbonyl (C=O) groups excluding carboxylic acids is 1. The summed E-state index contributed by atoms with van der Waals surface area (Å²) in [6.45, 7) is 10.3. The molecule has 1 aromatic carbocycles. The van der Waals surface area contributed by atoms with Gasteiger partial charge in [-0.1, -0.05) is 23.4 Å². The minimum atomic E-state index is -0.247. The van der Waals surface area contributed by atoms with Crippen LogP contribution in [0.25, 0.3) is 0 Å². The van der Waals surface area contributed by atoms with Gasteiger partial charge >= 0.3 is 0 Å². The van der Waals surface area contributed by atoms with Crippen molar-refractivity contribution in [1.82, 2.24) is 19.7 Å². The van der Waals surface area contributed by atoms with Crippen LogP contribution in [-0.2, 0) is 18.4 Å². The summed E-state index contributed by atoms with van der Waals surface area (Å²) in [5, 5.41) is 9.52. The Kier molecular flexibility index (Phi) is 7.56. The molecule has 1 heterocycles. The third-order valence-electron chi connectivity index (χ3n) is 4.10. The van der Waals surface area contributed by atoms with Crippen LogP contribution in [0.5, 0.6) is 5.75 Å². The van der Waals surface area contributed by atoms with Crippen molar-refractivity contribution in [2.45, 2.75) is 63.7 Å². The molecule has 2 rings (SSSR count). The smallest absolute Gasteiger partial charge is 0.236 e. The first-order valence-electron chi connectivity index (χ1n) is 8.96. The lowest BCUT2D eigenvalue weighted by Crippen LogP contribution is -2.45. The van der Waals surface area contributed by atoms with Crippen molar-refractivity contribution in [1.29, 1.82) is 0 Å². The second-order valence-electron chi connectivity index (χ2n) is 6.89. The van der Waals surface area contributed by atoms with Crippen LogP contribution in [0.3, 0.4) is 0 Å². The molecular weight excluding hydrogens is 384 g/mol. The molecule has 1 amide bonds. The minimum Gasteiger partial charge on any atom is -0.486 e. The Balaban J connectivity index is 2.01. The second kappa shape index (κ2) is 9.46. The average Bonchev–Trinajstić information content (AvgIpc) is 2.93. The molecule has 0 bridgehead atoms. The predicted molar refractivity (Wildman–Crippen MR) is 109 cm³/mol. The van der Waals surface area contributed by atoms with E-state index < -0.39 is 0 Å². The second-order valence-corrected chi connectivity index (χ2v) is 8.64. The minimum absolute atomic E-state index is 0.104. The number of hydrogen-bond acceptors (Lipinski definition) is 5. The zero-order valence-electron chi connectivity index (χ0n) is 16.6. The van der Waals surface area contributed by atoms with Gasteiger partial charge < -0.3 is 14.2 Å². The molecule has 148 valence electrons. The summed E-state index contributed by atoms with van der Waals surface area (Å²) in [6, 6.07) is 7.48. The van der Waals surface area contributed by atoms with Crippen LogP contribution in [0.4, 0.5) is 0 Å². The van der Waals surface area contributed by atoms with Gasteiger partial charge in [-0.25, -0.2) is 0 Å². The van der Waals surface area contributed by atoms with Gasteiger partial charge in [-0.05, 0) is 58.9 Å². The number of benzene rings is 1. The van der Waals surface area contributed by atoms with Crippen molar-refractivity contribution >= 4 is 29.3 Å². The number of halogens is 1. The molecule has 0 aliphatic carbocycles. The lowest BCUT2D eigenvalue weighted by atomic mass is 10.2. The maximum atomic E-state index is 12.8. The monoisotopic (exact) mass is 410 g/mol. The fourth-order valence-electron chi connectivity index (χ4n) is 2.78. The van der Waals surface area contributed by atoms with E-state index in [9.17, 15) is 4.79 Å². The SMILES string of the molecule is CC(C)N(C(=O)[C@H](C)Sc1nnc(COc2ccc(Cl)cc2)n1C)C(C)C. The first kappa shape index (κ1) is 21.6. The lowest BCUT2D eigenvalue weighted by molar-refractivity contribution is -0.133. The zero-order valence-corrected chi connectivity index (χ0v) is 18.2. The van der Waals surface area contributed by atoms with Gasteiger partial charge in [0.25, 0.3) is 0 Å². The van der Waals surface area contributed by atoms with Gasteiger partial charge in [-0.15, -0.1) is 10.2 Å². The summed E-state index contributed by atoms with van der Waals surface area (Å²) < 4.78 is 7.59. The van der Waals surface area contributed by atoms with Gasteiger partial charge in [0.1, 0.15) is 12.4 Å². The van der Waals surface area contributed by atoms with Crippen LogP contribution in [0, 0.1) is 0 Å². The van der Waals surface area contributed by atoms with Crippen LogP contribution in [0.15, 0.2) is 29.4 Å². The van der Waals surface area contributed by atoms with Crippen LogP contribution in [0.2, 0.25) is 5.02 Å². The molecule has 1 atom stereocenters. The highest BCUT2D eigenvalue weighted by Gasteiger charge is 2.27. The molecule has 0 unspecified atom stereocenters. The molecule has 6 nitrogen and oxygen atoms in total. The molecule has 0 saturated heterocycles. The van der Waals surface area contributed by atoms with E-state index in [1.807, 2.05) is 63.3 Å². The Bertz CT molecular complexity index is 754. The van der Waals surface area contributed by atoms with Crippen LogP contribution < -0.4 is 4.74 Å². The first-order chi connectivity index (χ1) is 12.7. The maximum absolute atomic E-state index is 12.8. The normalized spacial score (nSPS) is 12.5. The molecule has 0 aliphatic rings. The molecule has 0 spiro atoms. The first-order valence-corrected chi connectivity index (χ1v) is 10.2. The van der Waals surface area contributed by atoms with Crippen molar-refractivity contribution < 1.29 is 9.53 Å². The predicted octanol–water partition coefficient (Wildman–Crippen LogP) is 4.17. The van der Waals surface area contributed by atoms with Crippen molar-refractivity contribution in [3.05, 3.63) is 35.1 Å². The van der Waals surface area contributed by atoms with E-state index in [1.54, 1.807) is 12.1 Å². The van der Waals surface area contributed by atoms with Crippen molar-refractivity contribution in [2.24, 2.45) is 7.05 Å². The number of thioether (sulfide) groups is 1. The largest absolute Gasteiger partial charge is 0.486 e. The summed E-state index contributed by atoms with van der Waals surface area (Å²) >= 11 is 7.29. The quantitative estimate of drug-likeness (QED) is 0.611. The highest BCUT2D eigenvalue weighted by molar-refractivity contribution is 8.00. The van der Waals surface area contributed by atoms with Crippen molar-refractivity contribution in [2.75, 3.05) is 0 Å². The van der Waals surface area contributed by atoms with Gasteiger partial charge in [-0.2, -0.15) is 0 Å². The Labute approximate surface area is 170 Å². The summed E-state index contributed by atoms with van der Waals surface area (Å²) in [5.74, 6) is 1.51. The number of hydrogen-bond donors (Lipinski definition) is 0. The number of rotatable bonds is 8. The molecular formula is C19H27ClN4O2S. The number of ether oxygens (including phenoxy) is 1. The van der Waals surface area contributed by atoms with E-state index in [0.717, 1.165) is 0 Å². The summed E-state index contributed by atoms with van der Waals surface area (Å²) in [4.78, 5) is 14.7. The molecule has 2 aromatic rings. The molecule has 0 fully saturated rings. The Morgan fingerprint density at radius 1 is 1.15 bits per heavy atom. The van der Waals surface area contributed by atoms with Crippen LogP contribution in [-0.4, -0.2) is 42.9 Å². The van der Waals surface area contributed by atoms with Crippen molar-refractivity contribution in [3.63, 3.8) is 0 Å². The van der Waals surface area contributed by atoms with Gasteiger partial charge in [-0.3, -0.25) is 4.79 Å². The lowest BCUT2D eigenvalue weighted by Gasteiger charge is -2.32. The van der Waals surface area contributed by atoms with Crippen LogP contribution in [0.1, 0.15) is 40.4 Å². The number of aromatic nitrogens is 3. The van der Waals surface area contributed by atoms with E-state index in [1.165, 1.54) is 11.8 Å². The summed E-state index contributed by atoms with van der Waals surface area (Å²) in [7, 11) is 1.88. The highest BCUT2D eigenvalue weighted by atomic mass is 35.5.